The molecular weight excluding hydrogens is 302 g/mol. The first-order chi connectivity index (χ1) is 10.4. The van der Waals surface area contributed by atoms with Crippen molar-refractivity contribution in [1.82, 2.24) is 10.6 Å². The van der Waals surface area contributed by atoms with Crippen LogP contribution in [-0.4, -0.2) is 29.0 Å². The minimum Gasteiger partial charge on any atom is -0.480 e. The summed E-state index contributed by atoms with van der Waals surface area (Å²) in [4.78, 5) is 24.2. The molecule has 7 heteroatoms. The van der Waals surface area contributed by atoms with Crippen molar-refractivity contribution in [2.24, 2.45) is 0 Å². The first-order valence-corrected chi connectivity index (χ1v) is 7.73. The van der Waals surface area contributed by atoms with Gasteiger partial charge >= 0.3 is 5.97 Å². The Balaban J connectivity index is 2.07. The molecule has 1 amide bonds. The van der Waals surface area contributed by atoms with Gasteiger partial charge in [0.1, 0.15) is 6.54 Å². The first-order valence-electron chi connectivity index (χ1n) is 6.85. The lowest BCUT2D eigenvalue weighted by Gasteiger charge is -2.16. The van der Waals surface area contributed by atoms with Crippen LogP contribution in [-0.2, 0) is 4.79 Å². The van der Waals surface area contributed by atoms with Gasteiger partial charge in [-0.25, -0.2) is 0 Å². The number of amides is 1. The molecule has 0 aromatic heterocycles. The molecule has 0 fully saturated rings. The summed E-state index contributed by atoms with van der Waals surface area (Å²) in [7, 11) is 0. The van der Waals surface area contributed by atoms with E-state index in [1.807, 2.05) is 13.8 Å². The van der Waals surface area contributed by atoms with E-state index in [2.05, 4.69) is 16.0 Å². The second-order valence-corrected chi connectivity index (χ2v) is 6.34. The van der Waals surface area contributed by atoms with Crippen LogP contribution in [0.5, 0.6) is 0 Å². The molecule has 0 bridgehead atoms. The van der Waals surface area contributed by atoms with Crippen LogP contribution < -0.4 is 16.0 Å². The molecule has 0 saturated carbocycles. The maximum atomic E-state index is 12.4. The molecule has 22 heavy (non-hydrogen) atoms. The van der Waals surface area contributed by atoms with E-state index < -0.39 is 5.97 Å². The molecule has 0 spiro atoms. The van der Waals surface area contributed by atoms with Crippen molar-refractivity contribution in [3.05, 3.63) is 39.9 Å². The average Bonchev–Trinajstić information content (AvgIpc) is 2.75. The third-order valence-electron chi connectivity index (χ3n) is 3.44. The van der Waals surface area contributed by atoms with Crippen LogP contribution in [0.4, 0.5) is 5.69 Å². The number of aliphatic carboxylic acids is 1. The van der Waals surface area contributed by atoms with Crippen LogP contribution in [0.25, 0.3) is 0 Å². The third-order valence-corrected chi connectivity index (χ3v) is 4.57. The fourth-order valence-electron chi connectivity index (χ4n) is 2.10. The highest BCUT2D eigenvalue weighted by atomic mass is 32.2. The fraction of sp³-hybridized carbons (Fsp3) is 0.333. The molecule has 1 unspecified atom stereocenters. The fourth-order valence-corrected chi connectivity index (χ4v) is 3.09. The summed E-state index contributed by atoms with van der Waals surface area (Å²) in [5.41, 5.74) is 2.78. The molecule has 1 aliphatic rings. The van der Waals surface area contributed by atoms with Crippen LogP contribution in [0, 0.1) is 6.92 Å². The number of anilines is 1. The molecule has 0 saturated heterocycles. The van der Waals surface area contributed by atoms with Crippen LogP contribution >= 0.6 is 11.8 Å². The van der Waals surface area contributed by atoms with Gasteiger partial charge in [0.25, 0.3) is 5.91 Å². The third kappa shape index (κ3) is 3.73. The standard InChI is InChI=1S/C15H19N3O3S/c1-8-11(5-4-6-12(8)16-7-13(19)20)14(21)18-15-17-9(2)10(3)22-15/h4-6,15-17H,7H2,1-3H3,(H,18,21)(H,19,20). The maximum Gasteiger partial charge on any atom is 0.322 e. The summed E-state index contributed by atoms with van der Waals surface area (Å²) in [5, 5.41) is 17.6. The molecule has 0 aliphatic carbocycles. The number of benzene rings is 1. The smallest absolute Gasteiger partial charge is 0.322 e. The van der Waals surface area contributed by atoms with E-state index in [1.165, 1.54) is 0 Å². The SMILES string of the molecule is CC1=C(C)SC(NC(=O)c2cccc(NCC(=O)O)c2C)N1. The van der Waals surface area contributed by atoms with E-state index in [1.54, 1.807) is 36.9 Å². The van der Waals surface area contributed by atoms with Gasteiger partial charge in [-0.1, -0.05) is 17.8 Å². The summed E-state index contributed by atoms with van der Waals surface area (Å²) in [5.74, 6) is -1.14. The van der Waals surface area contributed by atoms with Gasteiger partial charge in [0, 0.05) is 21.9 Å². The Morgan fingerprint density at radius 1 is 1.32 bits per heavy atom. The molecule has 2 rings (SSSR count). The Morgan fingerprint density at radius 3 is 2.64 bits per heavy atom. The topological polar surface area (TPSA) is 90.5 Å². The van der Waals surface area contributed by atoms with Gasteiger partial charge in [-0.05, 0) is 38.5 Å². The predicted molar refractivity (Wildman–Crippen MR) is 87.7 cm³/mol. The highest BCUT2D eigenvalue weighted by Crippen LogP contribution is 2.28. The van der Waals surface area contributed by atoms with Gasteiger partial charge < -0.3 is 21.1 Å². The van der Waals surface area contributed by atoms with E-state index in [0.717, 1.165) is 16.2 Å². The number of rotatable bonds is 5. The van der Waals surface area contributed by atoms with Crippen LogP contribution in [0.3, 0.4) is 0 Å². The highest BCUT2D eigenvalue weighted by Gasteiger charge is 2.22. The molecule has 1 aliphatic heterocycles. The van der Waals surface area contributed by atoms with E-state index in [4.69, 9.17) is 5.11 Å². The van der Waals surface area contributed by atoms with Crippen molar-refractivity contribution in [2.45, 2.75) is 26.3 Å². The number of allylic oxidation sites excluding steroid dienone is 2. The summed E-state index contributed by atoms with van der Waals surface area (Å²) < 4.78 is 0. The molecule has 1 aromatic carbocycles. The Morgan fingerprint density at radius 2 is 2.05 bits per heavy atom. The number of carbonyl (C=O) groups excluding carboxylic acids is 1. The molecular formula is C15H19N3O3S. The molecule has 1 aromatic rings. The summed E-state index contributed by atoms with van der Waals surface area (Å²) >= 11 is 1.56. The number of carbonyl (C=O) groups is 2. The minimum atomic E-state index is -0.946. The Hall–Kier alpha value is -2.15. The number of hydrogen-bond donors (Lipinski definition) is 4. The summed E-state index contributed by atoms with van der Waals surface area (Å²) in [6.07, 6.45) is 0. The minimum absolute atomic E-state index is 0.178. The van der Waals surface area contributed by atoms with Crippen molar-refractivity contribution >= 4 is 29.3 Å². The predicted octanol–water partition coefficient (Wildman–Crippen LogP) is 2.09. The van der Waals surface area contributed by atoms with Crippen LogP contribution in [0.2, 0.25) is 0 Å². The van der Waals surface area contributed by atoms with E-state index in [0.29, 0.717) is 11.3 Å². The molecule has 1 heterocycles. The van der Waals surface area contributed by atoms with Gasteiger partial charge in [-0.2, -0.15) is 0 Å². The van der Waals surface area contributed by atoms with Crippen molar-refractivity contribution in [2.75, 3.05) is 11.9 Å². The zero-order valence-corrected chi connectivity index (χ0v) is 13.5. The van der Waals surface area contributed by atoms with E-state index in [9.17, 15) is 9.59 Å². The van der Waals surface area contributed by atoms with Gasteiger partial charge in [0.2, 0.25) is 0 Å². The second-order valence-electron chi connectivity index (χ2n) is 5.02. The van der Waals surface area contributed by atoms with Gasteiger partial charge in [0.15, 0.2) is 5.50 Å². The van der Waals surface area contributed by atoms with Gasteiger partial charge in [-0.3, -0.25) is 9.59 Å². The number of carboxylic acid groups (broad SMARTS) is 1. The lowest BCUT2D eigenvalue weighted by molar-refractivity contribution is -0.134. The number of carboxylic acids is 1. The quantitative estimate of drug-likeness (QED) is 0.664. The molecule has 4 N–H and O–H groups in total. The lowest BCUT2D eigenvalue weighted by Crippen LogP contribution is -2.39. The van der Waals surface area contributed by atoms with E-state index in [-0.39, 0.29) is 17.9 Å². The van der Waals surface area contributed by atoms with Crippen molar-refractivity contribution in [1.29, 1.82) is 0 Å². The second kappa shape index (κ2) is 6.74. The summed E-state index contributed by atoms with van der Waals surface area (Å²) in [6, 6.07) is 5.22. The molecule has 0 radical (unpaired) electrons. The van der Waals surface area contributed by atoms with Crippen LogP contribution in [0.1, 0.15) is 29.8 Å². The first kappa shape index (κ1) is 16.2. The van der Waals surface area contributed by atoms with Crippen molar-refractivity contribution in [3.63, 3.8) is 0 Å². The normalized spacial score (nSPS) is 17.1. The van der Waals surface area contributed by atoms with Gasteiger partial charge in [0.05, 0.1) is 0 Å². The highest BCUT2D eigenvalue weighted by molar-refractivity contribution is 8.03. The average molecular weight is 321 g/mol. The summed E-state index contributed by atoms with van der Waals surface area (Å²) in [6.45, 7) is 5.58. The Labute approximate surface area is 133 Å². The van der Waals surface area contributed by atoms with Crippen LogP contribution in [0.15, 0.2) is 28.8 Å². The largest absolute Gasteiger partial charge is 0.480 e. The molecule has 1 atom stereocenters. The molecule has 6 nitrogen and oxygen atoms in total. The zero-order chi connectivity index (χ0) is 16.3. The Kier molecular flexibility index (Phi) is 4.97. The Bertz CT molecular complexity index is 629. The monoisotopic (exact) mass is 321 g/mol. The number of hydrogen-bond acceptors (Lipinski definition) is 5. The number of nitrogens with one attached hydrogen (secondary N) is 3. The maximum absolute atomic E-state index is 12.4. The van der Waals surface area contributed by atoms with E-state index >= 15 is 0 Å². The molecule has 118 valence electrons. The van der Waals surface area contributed by atoms with Crippen molar-refractivity contribution < 1.29 is 14.7 Å². The zero-order valence-electron chi connectivity index (χ0n) is 12.7. The lowest BCUT2D eigenvalue weighted by atomic mass is 10.1. The van der Waals surface area contributed by atoms with Crippen molar-refractivity contribution in [3.8, 4) is 0 Å². The number of thioether (sulfide) groups is 1. The van der Waals surface area contributed by atoms with Gasteiger partial charge in [-0.15, -0.1) is 0 Å².